The summed E-state index contributed by atoms with van der Waals surface area (Å²) in [6.45, 7) is 3.61. The predicted octanol–water partition coefficient (Wildman–Crippen LogP) is 3.94. The molecule has 1 aliphatic rings. The molecule has 3 rings (SSSR count). The zero-order valence-electron chi connectivity index (χ0n) is 15.0. The van der Waals surface area contributed by atoms with Gasteiger partial charge in [0, 0.05) is 36.3 Å². The molecule has 0 aliphatic carbocycles. The Hall–Kier alpha value is -2.34. The lowest BCUT2D eigenvalue weighted by Gasteiger charge is -2.29. The lowest BCUT2D eigenvalue weighted by molar-refractivity contribution is -0.120. The quantitative estimate of drug-likeness (QED) is 0.808. The van der Waals surface area contributed by atoms with Crippen molar-refractivity contribution in [3.8, 4) is 0 Å². The average molecular weight is 372 g/mol. The van der Waals surface area contributed by atoms with Crippen molar-refractivity contribution in [3.63, 3.8) is 0 Å². The molecule has 26 heavy (non-hydrogen) atoms. The highest BCUT2D eigenvalue weighted by atomic mass is 32.1. The van der Waals surface area contributed by atoms with E-state index < -0.39 is 0 Å². The Bertz CT molecular complexity index is 739. The first-order valence-corrected chi connectivity index (χ1v) is 9.95. The molecule has 2 amide bonds. The van der Waals surface area contributed by atoms with Gasteiger partial charge in [-0.05, 0) is 48.9 Å². The largest absolute Gasteiger partial charge is 0.371 e. The molecule has 1 fully saturated rings. The van der Waals surface area contributed by atoms with Gasteiger partial charge >= 0.3 is 0 Å². The maximum Gasteiger partial charge on any atom is 0.226 e. The van der Waals surface area contributed by atoms with E-state index in [0.717, 1.165) is 29.3 Å². The Labute approximate surface area is 158 Å². The second kappa shape index (κ2) is 8.85. The van der Waals surface area contributed by atoms with E-state index in [9.17, 15) is 9.59 Å². The minimum atomic E-state index is -0.294. The Morgan fingerprint density at radius 3 is 2.65 bits per heavy atom. The number of hydrogen-bond donors (Lipinski definition) is 2. The Balaban J connectivity index is 1.64. The van der Waals surface area contributed by atoms with E-state index in [1.54, 1.807) is 11.3 Å². The van der Waals surface area contributed by atoms with Crippen molar-refractivity contribution < 1.29 is 9.59 Å². The van der Waals surface area contributed by atoms with Crippen LogP contribution in [0.1, 0.15) is 43.5 Å². The molecule has 2 heterocycles. The smallest absolute Gasteiger partial charge is 0.226 e. The van der Waals surface area contributed by atoms with Crippen LogP contribution in [-0.2, 0) is 9.59 Å². The number of anilines is 2. The van der Waals surface area contributed by atoms with Crippen LogP contribution in [0.3, 0.4) is 0 Å². The zero-order valence-corrected chi connectivity index (χ0v) is 15.8. The normalized spacial score (nSPS) is 15.3. The van der Waals surface area contributed by atoms with Crippen molar-refractivity contribution in [3.05, 3.63) is 46.7 Å². The van der Waals surface area contributed by atoms with Gasteiger partial charge in [0.05, 0.1) is 12.5 Å². The van der Waals surface area contributed by atoms with Gasteiger partial charge in [0.25, 0.3) is 0 Å². The summed E-state index contributed by atoms with van der Waals surface area (Å²) in [5.74, 6) is -0.240. The van der Waals surface area contributed by atoms with Crippen molar-refractivity contribution >= 4 is 34.5 Å². The highest BCUT2D eigenvalue weighted by Crippen LogP contribution is 2.25. The molecule has 1 saturated heterocycles. The molecule has 5 nitrogen and oxygen atoms in total. The van der Waals surface area contributed by atoms with Crippen LogP contribution in [0.4, 0.5) is 11.4 Å². The van der Waals surface area contributed by atoms with Crippen molar-refractivity contribution in [2.24, 2.45) is 0 Å². The summed E-state index contributed by atoms with van der Waals surface area (Å²) >= 11 is 1.54. The molecule has 0 saturated carbocycles. The van der Waals surface area contributed by atoms with Gasteiger partial charge in [-0.15, -0.1) is 11.3 Å². The summed E-state index contributed by atoms with van der Waals surface area (Å²) in [5, 5.41) is 7.79. The standard InChI is InChI=1S/C20H25N3O2S/c1-15(24)21-18(19-9-6-12-26-19)14-20(25)22-16-7-5-8-17(13-16)23-10-3-2-4-11-23/h5-9,12-13,18H,2-4,10-11,14H2,1H3,(H,21,24)(H,22,25). The molecule has 6 heteroatoms. The molecular formula is C20H25N3O2S. The van der Waals surface area contributed by atoms with Crippen LogP contribution in [0, 0.1) is 0 Å². The number of carbonyl (C=O) groups is 2. The van der Waals surface area contributed by atoms with Crippen LogP contribution in [0.25, 0.3) is 0 Å². The highest BCUT2D eigenvalue weighted by Gasteiger charge is 2.18. The second-order valence-electron chi connectivity index (χ2n) is 6.62. The Morgan fingerprint density at radius 2 is 1.96 bits per heavy atom. The number of carbonyl (C=O) groups excluding carboxylic acids is 2. The van der Waals surface area contributed by atoms with Crippen LogP contribution in [0.2, 0.25) is 0 Å². The van der Waals surface area contributed by atoms with Gasteiger partial charge in [0.15, 0.2) is 0 Å². The summed E-state index contributed by atoms with van der Waals surface area (Å²) in [5.41, 5.74) is 1.95. The van der Waals surface area contributed by atoms with Crippen LogP contribution >= 0.6 is 11.3 Å². The summed E-state index contributed by atoms with van der Waals surface area (Å²) in [4.78, 5) is 27.3. The number of piperidine rings is 1. The van der Waals surface area contributed by atoms with Crippen molar-refractivity contribution in [2.45, 2.75) is 38.6 Å². The third kappa shape index (κ3) is 5.08. The fourth-order valence-electron chi connectivity index (χ4n) is 3.29. The number of rotatable bonds is 6. The molecule has 1 unspecified atom stereocenters. The van der Waals surface area contributed by atoms with Crippen molar-refractivity contribution in [1.29, 1.82) is 0 Å². The van der Waals surface area contributed by atoms with Crippen LogP contribution in [-0.4, -0.2) is 24.9 Å². The lowest BCUT2D eigenvalue weighted by Crippen LogP contribution is -2.30. The third-order valence-corrected chi connectivity index (χ3v) is 5.49. The summed E-state index contributed by atoms with van der Waals surface area (Å²) in [7, 11) is 0. The van der Waals surface area contributed by atoms with E-state index in [4.69, 9.17) is 0 Å². The summed E-state index contributed by atoms with van der Waals surface area (Å²) in [6.07, 6.45) is 3.94. The van der Waals surface area contributed by atoms with Crippen molar-refractivity contribution in [2.75, 3.05) is 23.3 Å². The van der Waals surface area contributed by atoms with E-state index in [2.05, 4.69) is 21.6 Å². The van der Waals surface area contributed by atoms with Gasteiger partial charge in [-0.2, -0.15) is 0 Å². The third-order valence-electron chi connectivity index (χ3n) is 4.50. The monoisotopic (exact) mass is 371 g/mol. The SMILES string of the molecule is CC(=O)NC(CC(=O)Nc1cccc(N2CCCCC2)c1)c1cccs1. The zero-order chi connectivity index (χ0) is 18.4. The van der Waals surface area contributed by atoms with Gasteiger partial charge in [-0.3, -0.25) is 9.59 Å². The first-order valence-electron chi connectivity index (χ1n) is 9.07. The molecule has 138 valence electrons. The topological polar surface area (TPSA) is 61.4 Å². The molecule has 2 aromatic rings. The number of hydrogen-bond acceptors (Lipinski definition) is 4. The summed E-state index contributed by atoms with van der Waals surface area (Å²) in [6, 6.07) is 11.6. The van der Waals surface area contributed by atoms with E-state index in [0.29, 0.717) is 0 Å². The van der Waals surface area contributed by atoms with Crippen LogP contribution in [0.15, 0.2) is 41.8 Å². The predicted molar refractivity (Wildman–Crippen MR) is 107 cm³/mol. The van der Waals surface area contributed by atoms with Gasteiger partial charge in [-0.1, -0.05) is 12.1 Å². The van der Waals surface area contributed by atoms with Gasteiger partial charge < -0.3 is 15.5 Å². The Morgan fingerprint density at radius 1 is 1.15 bits per heavy atom. The van der Waals surface area contributed by atoms with E-state index in [-0.39, 0.29) is 24.3 Å². The van der Waals surface area contributed by atoms with Crippen LogP contribution < -0.4 is 15.5 Å². The maximum atomic E-state index is 12.5. The molecule has 1 aromatic heterocycles. The average Bonchev–Trinajstić information content (AvgIpc) is 3.16. The highest BCUT2D eigenvalue weighted by molar-refractivity contribution is 7.10. The van der Waals surface area contributed by atoms with E-state index in [1.165, 1.54) is 26.2 Å². The molecule has 0 spiro atoms. The number of nitrogens with zero attached hydrogens (tertiary/aromatic N) is 1. The summed E-state index contributed by atoms with van der Waals surface area (Å²) < 4.78 is 0. The first-order chi connectivity index (χ1) is 12.6. The Kier molecular flexibility index (Phi) is 6.28. The van der Waals surface area contributed by atoms with Gasteiger partial charge in [0.1, 0.15) is 0 Å². The number of nitrogens with one attached hydrogen (secondary N) is 2. The lowest BCUT2D eigenvalue weighted by atomic mass is 10.1. The maximum absolute atomic E-state index is 12.5. The molecule has 1 aliphatic heterocycles. The number of benzene rings is 1. The molecule has 0 radical (unpaired) electrons. The molecule has 0 bridgehead atoms. The van der Waals surface area contributed by atoms with Gasteiger partial charge in [0.2, 0.25) is 11.8 Å². The van der Waals surface area contributed by atoms with E-state index >= 15 is 0 Å². The first kappa shape index (κ1) is 18.5. The fraction of sp³-hybridized carbons (Fsp3) is 0.400. The molecule has 1 atom stereocenters. The minimum Gasteiger partial charge on any atom is -0.371 e. The fourth-order valence-corrected chi connectivity index (χ4v) is 4.07. The van der Waals surface area contributed by atoms with E-state index in [1.807, 2.05) is 35.7 Å². The second-order valence-corrected chi connectivity index (χ2v) is 7.60. The molecular weight excluding hydrogens is 346 g/mol. The minimum absolute atomic E-state index is 0.104. The molecule has 1 aromatic carbocycles. The van der Waals surface area contributed by atoms with Crippen LogP contribution in [0.5, 0.6) is 0 Å². The molecule has 2 N–H and O–H groups in total. The van der Waals surface area contributed by atoms with Crippen molar-refractivity contribution in [1.82, 2.24) is 5.32 Å². The van der Waals surface area contributed by atoms with Gasteiger partial charge in [-0.25, -0.2) is 0 Å². The number of amides is 2. The number of thiophene rings is 1.